The monoisotopic (exact) mass is 352 g/mol. The number of carbonyl (C=O) groups excluding carboxylic acids is 1. The van der Waals surface area contributed by atoms with Gasteiger partial charge in [0, 0.05) is 24.0 Å². The van der Waals surface area contributed by atoms with E-state index in [1.807, 2.05) is 24.0 Å². The van der Waals surface area contributed by atoms with E-state index in [0.29, 0.717) is 17.7 Å². The van der Waals surface area contributed by atoms with Crippen LogP contribution in [-0.4, -0.2) is 33.4 Å². The molecule has 0 radical (unpaired) electrons. The van der Waals surface area contributed by atoms with Gasteiger partial charge in [-0.25, -0.2) is 9.97 Å². The maximum Gasteiger partial charge on any atom is 0.272 e. The second-order valence-electron chi connectivity index (χ2n) is 7.15. The van der Waals surface area contributed by atoms with Crippen LogP contribution >= 0.6 is 0 Å². The molecule has 1 aliphatic rings. The molecule has 0 spiro atoms. The Hall–Kier alpha value is -2.43. The minimum atomic E-state index is 0.0195. The van der Waals surface area contributed by atoms with Crippen LogP contribution in [0.4, 0.5) is 11.6 Å². The van der Waals surface area contributed by atoms with Gasteiger partial charge >= 0.3 is 0 Å². The van der Waals surface area contributed by atoms with Crippen LogP contribution in [0.15, 0.2) is 24.3 Å². The average molecular weight is 352 g/mol. The van der Waals surface area contributed by atoms with Gasteiger partial charge in [0.25, 0.3) is 5.91 Å². The number of hydrogen-bond donors (Lipinski definition) is 1. The molecule has 0 saturated carbocycles. The Bertz CT molecular complexity index is 803. The molecule has 5 heteroatoms. The molecular formula is C21H28N4O. The van der Waals surface area contributed by atoms with Crippen LogP contribution in [-0.2, 0) is 0 Å². The van der Waals surface area contributed by atoms with Gasteiger partial charge in [-0.3, -0.25) is 4.79 Å². The minimum Gasteiger partial charge on any atom is -0.334 e. The molecule has 1 atom stereocenters. The summed E-state index contributed by atoms with van der Waals surface area (Å²) in [6, 6.07) is 8.20. The SMILES string of the molecule is CCC1CCCCN1C(=O)c1cc(C)nc(Nc2cccc(C)c2C)n1. The number of piperidine rings is 1. The van der Waals surface area contributed by atoms with E-state index < -0.39 is 0 Å². The highest BCUT2D eigenvalue weighted by atomic mass is 16.2. The number of amides is 1. The Labute approximate surface area is 155 Å². The summed E-state index contributed by atoms with van der Waals surface area (Å²) in [6.07, 6.45) is 4.34. The third-order valence-corrected chi connectivity index (χ3v) is 5.28. The molecule has 1 saturated heterocycles. The molecular weight excluding hydrogens is 324 g/mol. The average Bonchev–Trinajstić information content (AvgIpc) is 2.64. The summed E-state index contributed by atoms with van der Waals surface area (Å²) in [4.78, 5) is 24.1. The van der Waals surface area contributed by atoms with E-state index >= 15 is 0 Å². The van der Waals surface area contributed by atoms with Gasteiger partial charge in [-0.2, -0.15) is 0 Å². The Kier molecular flexibility index (Phi) is 5.55. The molecule has 3 rings (SSSR count). The summed E-state index contributed by atoms with van der Waals surface area (Å²) >= 11 is 0. The van der Waals surface area contributed by atoms with Crippen molar-refractivity contribution in [3.8, 4) is 0 Å². The fraction of sp³-hybridized carbons (Fsp3) is 0.476. The number of nitrogens with one attached hydrogen (secondary N) is 1. The smallest absolute Gasteiger partial charge is 0.272 e. The van der Waals surface area contributed by atoms with Crippen molar-refractivity contribution in [2.24, 2.45) is 0 Å². The summed E-state index contributed by atoms with van der Waals surface area (Å²) in [5.41, 5.74) is 4.61. The number of nitrogens with zero attached hydrogens (tertiary/aromatic N) is 3. The quantitative estimate of drug-likeness (QED) is 0.877. The van der Waals surface area contributed by atoms with Gasteiger partial charge in [0.2, 0.25) is 5.95 Å². The number of rotatable bonds is 4. The predicted octanol–water partition coefficient (Wildman–Crippen LogP) is 4.55. The van der Waals surface area contributed by atoms with Crippen molar-refractivity contribution in [3.05, 3.63) is 46.8 Å². The normalized spacial score (nSPS) is 17.2. The highest BCUT2D eigenvalue weighted by molar-refractivity contribution is 5.93. The first kappa shape index (κ1) is 18.4. The molecule has 1 fully saturated rings. The fourth-order valence-electron chi connectivity index (χ4n) is 3.58. The zero-order chi connectivity index (χ0) is 18.7. The molecule has 138 valence electrons. The third-order valence-electron chi connectivity index (χ3n) is 5.28. The minimum absolute atomic E-state index is 0.0195. The summed E-state index contributed by atoms with van der Waals surface area (Å²) in [6.45, 7) is 9.02. The first-order chi connectivity index (χ1) is 12.5. The van der Waals surface area contributed by atoms with Gasteiger partial charge in [-0.15, -0.1) is 0 Å². The van der Waals surface area contributed by atoms with E-state index in [4.69, 9.17) is 0 Å². The zero-order valence-corrected chi connectivity index (χ0v) is 16.2. The zero-order valence-electron chi connectivity index (χ0n) is 16.2. The molecule has 1 N–H and O–H groups in total. The van der Waals surface area contributed by atoms with Crippen LogP contribution in [0.2, 0.25) is 0 Å². The molecule has 0 aliphatic carbocycles. The second kappa shape index (κ2) is 7.85. The molecule has 1 aliphatic heterocycles. The van der Waals surface area contributed by atoms with Crippen molar-refractivity contribution >= 4 is 17.5 Å². The van der Waals surface area contributed by atoms with Crippen LogP contribution in [0, 0.1) is 20.8 Å². The van der Waals surface area contributed by atoms with Crippen molar-refractivity contribution in [3.63, 3.8) is 0 Å². The molecule has 0 bridgehead atoms. The molecule has 1 aromatic carbocycles. The lowest BCUT2D eigenvalue weighted by Crippen LogP contribution is -2.43. The molecule has 2 heterocycles. The van der Waals surface area contributed by atoms with Gasteiger partial charge in [0.15, 0.2) is 0 Å². The van der Waals surface area contributed by atoms with E-state index in [1.54, 1.807) is 6.07 Å². The highest BCUT2D eigenvalue weighted by Gasteiger charge is 2.27. The summed E-state index contributed by atoms with van der Waals surface area (Å²) in [5.74, 6) is 0.498. The van der Waals surface area contributed by atoms with E-state index in [1.165, 1.54) is 12.0 Å². The van der Waals surface area contributed by atoms with Gasteiger partial charge < -0.3 is 10.2 Å². The van der Waals surface area contributed by atoms with Crippen molar-refractivity contribution in [2.75, 3.05) is 11.9 Å². The number of aryl methyl sites for hydroxylation is 2. The topological polar surface area (TPSA) is 58.1 Å². The number of benzene rings is 1. The molecule has 1 amide bonds. The molecule has 1 aromatic heterocycles. The molecule has 2 aromatic rings. The lowest BCUT2D eigenvalue weighted by atomic mass is 9.99. The number of aromatic nitrogens is 2. The van der Waals surface area contributed by atoms with Gasteiger partial charge in [-0.1, -0.05) is 19.1 Å². The predicted molar refractivity (Wildman–Crippen MR) is 105 cm³/mol. The van der Waals surface area contributed by atoms with E-state index in [2.05, 4.69) is 42.1 Å². The Morgan fingerprint density at radius 2 is 2.04 bits per heavy atom. The first-order valence-electron chi connectivity index (χ1n) is 9.49. The Morgan fingerprint density at radius 3 is 2.81 bits per heavy atom. The highest BCUT2D eigenvalue weighted by Crippen LogP contribution is 2.24. The van der Waals surface area contributed by atoms with Crippen LogP contribution in [0.1, 0.15) is 59.9 Å². The van der Waals surface area contributed by atoms with Crippen LogP contribution < -0.4 is 5.32 Å². The maximum atomic E-state index is 13.1. The number of likely N-dealkylation sites (tertiary alicyclic amines) is 1. The van der Waals surface area contributed by atoms with Crippen molar-refractivity contribution < 1.29 is 4.79 Å². The van der Waals surface area contributed by atoms with Crippen LogP contribution in [0.3, 0.4) is 0 Å². The van der Waals surface area contributed by atoms with Crippen molar-refractivity contribution in [2.45, 2.75) is 59.4 Å². The van der Waals surface area contributed by atoms with Gasteiger partial charge in [0.1, 0.15) is 5.69 Å². The van der Waals surface area contributed by atoms with Crippen LogP contribution in [0.25, 0.3) is 0 Å². The standard InChI is InChI=1S/C21H28N4O/c1-5-17-10-6-7-12-25(17)20(26)19-13-15(3)22-21(24-19)23-18-11-8-9-14(2)16(18)4/h8-9,11,13,17H,5-7,10,12H2,1-4H3,(H,22,23,24). The van der Waals surface area contributed by atoms with E-state index in [0.717, 1.165) is 42.8 Å². The number of anilines is 2. The molecule has 1 unspecified atom stereocenters. The third kappa shape index (κ3) is 3.87. The summed E-state index contributed by atoms with van der Waals surface area (Å²) < 4.78 is 0. The second-order valence-corrected chi connectivity index (χ2v) is 7.15. The number of hydrogen-bond acceptors (Lipinski definition) is 4. The van der Waals surface area contributed by atoms with E-state index in [9.17, 15) is 4.79 Å². The van der Waals surface area contributed by atoms with E-state index in [-0.39, 0.29) is 5.91 Å². The van der Waals surface area contributed by atoms with Crippen molar-refractivity contribution in [1.29, 1.82) is 0 Å². The van der Waals surface area contributed by atoms with Gasteiger partial charge in [-0.05, 0) is 69.7 Å². The molecule has 5 nitrogen and oxygen atoms in total. The summed E-state index contributed by atoms with van der Waals surface area (Å²) in [5, 5.41) is 3.28. The lowest BCUT2D eigenvalue weighted by Gasteiger charge is -2.35. The fourth-order valence-corrected chi connectivity index (χ4v) is 3.58. The first-order valence-corrected chi connectivity index (χ1v) is 9.49. The Balaban J connectivity index is 1.87. The van der Waals surface area contributed by atoms with Crippen LogP contribution in [0.5, 0.6) is 0 Å². The lowest BCUT2D eigenvalue weighted by molar-refractivity contribution is 0.0602. The summed E-state index contributed by atoms with van der Waals surface area (Å²) in [7, 11) is 0. The largest absolute Gasteiger partial charge is 0.334 e. The molecule has 26 heavy (non-hydrogen) atoms. The van der Waals surface area contributed by atoms with Crippen molar-refractivity contribution in [1.82, 2.24) is 14.9 Å². The van der Waals surface area contributed by atoms with Gasteiger partial charge in [0.05, 0.1) is 0 Å². The number of carbonyl (C=O) groups is 1. The Morgan fingerprint density at radius 1 is 1.23 bits per heavy atom. The maximum absolute atomic E-state index is 13.1.